The fraction of sp³-hybridized carbons (Fsp3) is 0.478. The van der Waals surface area contributed by atoms with Crippen molar-refractivity contribution >= 4 is 5.91 Å². The van der Waals surface area contributed by atoms with Gasteiger partial charge in [0.05, 0.1) is 18.6 Å². The number of aromatic nitrogens is 1. The van der Waals surface area contributed by atoms with Gasteiger partial charge >= 0.3 is 0 Å². The fourth-order valence-electron chi connectivity index (χ4n) is 4.96. The highest BCUT2D eigenvalue weighted by Gasteiger charge is 2.44. The van der Waals surface area contributed by atoms with E-state index in [1.165, 1.54) is 0 Å². The summed E-state index contributed by atoms with van der Waals surface area (Å²) in [6, 6.07) is 11.3. The first-order chi connectivity index (χ1) is 13.6. The molecule has 2 aliphatic rings. The first kappa shape index (κ1) is 18.8. The average molecular weight is 380 g/mol. The highest BCUT2D eigenvalue weighted by atomic mass is 16.5. The van der Waals surface area contributed by atoms with Gasteiger partial charge in [0.15, 0.2) is 0 Å². The van der Waals surface area contributed by atoms with E-state index in [0.29, 0.717) is 0 Å². The maximum absolute atomic E-state index is 13.7. The summed E-state index contributed by atoms with van der Waals surface area (Å²) >= 11 is 0. The van der Waals surface area contributed by atoms with E-state index >= 15 is 0 Å². The summed E-state index contributed by atoms with van der Waals surface area (Å²) in [6.07, 6.45) is 7.63. The largest absolute Gasteiger partial charge is 0.496 e. The van der Waals surface area contributed by atoms with Crippen molar-refractivity contribution in [3.63, 3.8) is 0 Å². The van der Waals surface area contributed by atoms with Crippen molar-refractivity contribution in [1.29, 1.82) is 0 Å². The standard InChI is InChI=1S/C23H28N2O3/c1-28-20-11-4-3-8-17(20)23(14-5-2-6-15-23)22(27)25-19-10-7-9-18-16(19)12-13-21(26)24-18/h3-4,8,11-13,19H,2,5-7,9-10,14-15H2,1H3,(H,24,26)(H,25,27). The Hall–Kier alpha value is -2.56. The Morgan fingerprint density at radius 1 is 1.11 bits per heavy atom. The molecule has 148 valence electrons. The van der Waals surface area contributed by atoms with Gasteiger partial charge in [0, 0.05) is 17.3 Å². The SMILES string of the molecule is COc1ccccc1C1(C(=O)NC2CCCc3[nH]c(=O)ccc32)CCCCC1. The van der Waals surface area contributed by atoms with Crippen LogP contribution in [0.15, 0.2) is 41.2 Å². The van der Waals surface area contributed by atoms with Crippen LogP contribution in [0.25, 0.3) is 0 Å². The van der Waals surface area contributed by atoms with Crippen LogP contribution in [0, 0.1) is 0 Å². The normalized spacial score (nSPS) is 20.8. The molecular formula is C23H28N2O3. The minimum Gasteiger partial charge on any atom is -0.496 e. The van der Waals surface area contributed by atoms with Crippen molar-refractivity contribution in [3.05, 3.63) is 63.6 Å². The molecule has 28 heavy (non-hydrogen) atoms. The van der Waals surface area contributed by atoms with E-state index in [4.69, 9.17) is 4.74 Å². The Morgan fingerprint density at radius 3 is 2.68 bits per heavy atom. The van der Waals surface area contributed by atoms with Crippen LogP contribution < -0.4 is 15.6 Å². The molecule has 1 fully saturated rings. The van der Waals surface area contributed by atoms with Gasteiger partial charge in [-0.25, -0.2) is 0 Å². The lowest BCUT2D eigenvalue weighted by atomic mass is 9.68. The molecule has 2 N–H and O–H groups in total. The molecule has 5 nitrogen and oxygen atoms in total. The van der Waals surface area contributed by atoms with Crippen LogP contribution >= 0.6 is 0 Å². The first-order valence-electron chi connectivity index (χ1n) is 10.3. The average Bonchev–Trinajstić information content (AvgIpc) is 2.74. The zero-order valence-corrected chi connectivity index (χ0v) is 16.4. The summed E-state index contributed by atoms with van der Waals surface area (Å²) in [5, 5.41) is 3.34. The van der Waals surface area contributed by atoms with Crippen LogP contribution in [-0.4, -0.2) is 18.0 Å². The second-order valence-corrected chi connectivity index (χ2v) is 8.02. The summed E-state index contributed by atoms with van der Waals surface area (Å²) in [5.74, 6) is 0.869. The zero-order chi connectivity index (χ0) is 19.6. The maximum atomic E-state index is 13.7. The lowest BCUT2D eigenvalue weighted by Crippen LogP contribution is -2.47. The number of benzene rings is 1. The third-order valence-corrected chi connectivity index (χ3v) is 6.40. The van der Waals surface area contributed by atoms with Crippen LogP contribution in [0.4, 0.5) is 0 Å². The van der Waals surface area contributed by atoms with Gasteiger partial charge in [-0.15, -0.1) is 0 Å². The third kappa shape index (κ3) is 3.34. The highest BCUT2D eigenvalue weighted by molar-refractivity contribution is 5.89. The smallest absolute Gasteiger partial charge is 0.248 e. The fourth-order valence-corrected chi connectivity index (χ4v) is 4.96. The topological polar surface area (TPSA) is 71.2 Å². The lowest BCUT2D eigenvalue weighted by Gasteiger charge is -2.39. The van der Waals surface area contributed by atoms with Gasteiger partial charge in [-0.2, -0.15) is 0 Å². The molecule has 5 heteroatoms. The lowest BCUT2D eigenvalue weighted by molar-refractivity contribution is -0.129. The van der Waals surface area contributed by atoms with Crippen molar-refractivity contribution in [1.82, 2.24) is 10.3 Å². The van der Waals surface area contributed by atoms with Crippen LogP contribution in [0.2, 0.25) is 0 Å². The van der Waals surface area contributed by atoms with Crippen molar-refractivity contribution in [2.45, 2.75) is 62.8 Å². The van der Waals surface area contributed by atoms with Gasteiger partial charge in [-0.05, 0) is 49.8 Å². The van der Waals surface area contributed by atoms with Crippen molar-refractivity contribution in [2.75, 3.05) is 7.11 Å². The van der Waals surface area contributed by atoms with E-state index in [1.54, 1.807) is 13.2 Å². The number of H-pyrrole nitrogens is 1. The van der Waals surface area contributed by atoms with E-state index in [0.717, 1.165) is 73.9 Å². The number of ether oxygens (including phenoxy) is 1. The number of para-hydroxylation sites is 1. The summed E-state index contributed by atoms with van der Waals surface area (Å²) in [4.78, 5) is 28.3. The number of hydrogen-bond acceptors (Lipinski definition) is 3. The molecule has 0 spiro atoms. The quantitative estimate of drug-likeness (QED) is 0.848. The molecule has 1 amide bonds. The Morgan fingerprint density at radius 2 is 1.89 bits per heavy atom. The molecule has 1 saturated carbocycles. The van der Waals surface area contributed by atoms with Crippen LogP contribution in [-0.2, 0) is 16.6 Å². The number of carbonyl (C=O) groups is 1. The number of methoxy groups -OCH3 is 1. The van der Waals surface area contributed by atoms with Crippen molar-refractivity contribution in [2.24, 2.45) is 0 Å². The summed E-state index contributed by atoms with van der Waals surface area (Å²) in [6.45, 7) is 0. The number of aryl methyl sites for hydroxylation is 1. The third-order valence-electron chi connectivity index (χ3n) is 6.40. The van der Waals surface area contributed by atoms with E-state index in [9.17, 15) is 9.59 Å². The van der Waals surface area contributed by atoms with Gasteiger partial charge in [-0.3, -0.25) is 9.59 Å². The number of nitrogens with one attached hydrogen (secondary N) is 2. The van der Waals surface area contributed by atoms with E-state index < -0.39 is 5.41 Å². The van der Waals surface area contributed by atoms with Crippen LogP contribution in [0.1, 0.15) is 67.8 Å². The predicted octanol–water partition coefficient (Wildman–Crippen LogP) is 3.78. The molecule has 0 bridgehead atoms. The van der Waals surface area contributed by atoms with Crippen molar-refractivity contribution < 1.29 is 9.53 Å². The van der Waals surface area contributed by atoms with Gasteiger partial charge in [0.2, 0.25) is 11.5 Å². The molecule has 1 unspecified atom stereocenters. The summed E-state index contributed by atoms with van der Waals surface area (Å²) < 4.78 is 5.61. The molecule has 1 atom stereocenters. The Kier molecular flexibility index (Phi) is 5.25. The highest BCUT2D eigenvalue weighted by Crippen LogP contribution is 2.44. The predicted molar refractivity (Wildman–Crippen MR) is 109 cm³/mol. The molecule has 0 radical (unpaired) electrons. The molecule has 1 heterocycles. The molecule has 0 saturated heterocycles. The van der Waals surface area contributed by atoms with Crippen LogP contribution in [0.5, 0.6) is 5.75 Å². The van der Waals surface area contributed by atoms with E-state index in [2.05, 4.69) is 10.3 Å². The number of fused-ring (bicyclic) bond motifs is 1. The van der Waals surface area contributed by atoms with Gasteiger partial charge in [0.1, 0.15) is 5.75 Å². The van der Waals surface area contributed by atoms with E-state index in [-0.39, 0.29) is 17.5 Å². The maximum Gasteiger partial charge on any atom is 0.248 e. The van der Waals surface area contributed by atoms with Gasteiger partial charge in [0.25, 0.3) is 0 Å². The minimum atomic E-state index is -0.551. The Balaban J connectivity index is 1.68. The second kappa shape index (κ2) is 7.82. The number of hydrogen-bond donors (Lipinski definition) is 2. The number of pyridine rings is 1. The monoisotopic (exact) mass is 380 g/mol. The zero-order valence-electron chi connectivity index (χ0n) is 16.4. The minimum absolute atomic E-state index is 0.0541. The number of carbonyl (C=O) groups excluding carboxylic acids is 1. The van der Waals surface area contributed by atoms with Crippen LogP contribution in [0.3, 0.4) is 0 Å². The molecule has 4 rings (SSSR count). The van der Waals surface area contributed by atoms with E-state index in [1.807, 2.05) is 30.3 Å². The number of aromatic amines is 1. The van der Waals surface area contributed by atoms with Crippen molar-refractivity contribution in [3.8, 4) is 5.75 Å². The second-order valence-electron chi connectivity index (χ2n) is 8.02. The molecule has 1 aromatic carbocycles. The Bertz CT molecular complexity index is 912. The summed E-state index contributed by atoms with van der Waals surface area (Å²) in [7, 11) is 1.67. The molecular weight excluding hydrogens is 352 g/mol. The van der Waals surface area contributed by atoms with Gasteiger partial charge < -0.3 is 15.0 Å². The van der Waals surface area contributed by atoms with Gasteiger partial charge in [-0.1, -0.05) is 37.5 Å². The number of rotatable bonds is 4. The Labute approximate surface area is 165 Å². The molecule has 0 aliphatic heterocycles. The number of amides is 1. The molecule has 2 aliphatic carbocycles. The summed E-state index contributed by atoms with van der Waals surface area (Å²) in [5.41, 5.74) is 2.37. The molecule has 1 aromatic heterocycles. The first-order valence-corrected chi connectivity index (χ1v) is 10.3. The molecule has 2 aromatic rings.